The first kappa shape index (κ1) is 13.5. The molecule has 0 bridgehead atoms. The molecule has 0 spiro atoms. The largest absolute Gasteiger partial charge is 0.497 e. The van der Waals surface area contributed by atoms with Crippen LogP contribution < -0.4 is 4.74 Å². The molecule has 0 aromatic heterocycles. The zero-order chi connectivity index (χ0) is 11.8. The van der Waals surface area contributed by atoms with Crippen molar-refractivity contribution in [3.8, 4) is 11.8 Å². The van der Waals surface area contributed by atoms with Crippen LogP contribution in [-0.2, 0) is 0 Å². The third-order valence-corrected chi connectivity index (χ3v) is 1.96. The molecule has 82 valence electrons. The highest BCUT2D eigenvalue weighted by atomic mass is 16.5. The van der Waals surface area contributed by atoms with Crippen LogP contribution in [0.5, 0.6) is 5.75 Å². The molecule has 0 aliphatic heterocycles. The van der Waals surface area contributed by atoms with E-state index in [0.717, 1.165) is 11.3 Å². The van der Waals surface area contributed by atoms with Gasteiger partial charge in [-0.2, -0.15) is 5.26 Å². The summed E-state index contributed by atoms with van der Waals surface area (Å²) in [7, 11) is 1.61. The molecule has 1 aromatic carbocycles. The number of benzene rings is 1. The van der Waals surface area contributed by atoms with E-state index in [-0.39, 0.29) is 0 Å². The number of methoxy groups -OCH3 is 1. The van der Waals surface area contributed by atoms with Crippen molar-refractivity contribution in [2.75, 3.05) is 7.11 Å². The number of rotatable bonds is 2. The molecule has 0 amide bonds. The van der Waals surface area contributed by atoms with Crippen molar-refractivity contribution in [2.24, 2.45) is 0 Å². The summed E-state index contributed by atoms with van der Waals surface area (Å²) in [5.74, 6) is 1.17. The Morgan fingerprint density at radius 2 is 1.80 bits per heavy atom. The summed E-state index contributed by atoms with van der Waals surface area (Å²) < 4.78 is 5.10. The zero-order valence-electron chi connectivity index (χ0n) is 10.2. The van der Waals surface area contributed by atoms with Crippen LogP contribution in [0.1, 0.15) is 44.7 Å². The topological polar surface area (TPSA) is 33.0 Å². The van der Waals surface area contributed by atoms with Gasteiger partial charge in [-0.1, -0.05) is 27.7 Å². The van der Waals surface area contributed by atoms with Crippen LogP contribution >= 0.6 is 0 Å². The molecule has 2 heteroatoms. The monoisotopic (exact) mass is 205 g/mol. The van der Waals surface area contributed by atoms with Gasteiger partial charge in [-0.3, -0.25) is 0 Å². The first-order chi connectivity index (χ1) is 7.17. The van der Waals surface area contributed by atoms with E-state index in [9.17, 15) is 0 Å². The highest BCUT2D eigenvalue weighted by Gasteiger charge is 2.03. The second-order valence-electron chi connectivity index (χ2n) is 3.26. The van der Waals surface area contributed by atoms with Crippen LogP contribution in [0.15, 0.2) is 18.2 Å². The zero-order valence-corrected chi connectivity index (χ0v) is 10.2. The smallest absolute Gasteiger partial charge is 0.120 e. The molecule has 0 atom stereocenters. The van der Waals surface area contributed by atoms with E-state index in [1.807, 2.05) is 26.0 Å². The van der Waals surface area contributed by atoms with Gasteiger partial charge in [0.15, 0.2) is 0 Å². The predicted octanol–water partition coefficient (Wildman–Crippen LogP) is 3.72. The standard InChI is InChI=1S/C11H13NO.C2H6/c1-8(2)10-4-9(7-12)5-11(6-10)13-3;1-2/h4-6,8H,1-3H3;1-2H3. The van der Waals surface area contributed by atoms with Crippen LogP contribution in [0, 0.1) is 11.3 Å². The molecule has 15 heavy (non-hydrogen) atoms. The Balaban J connectivity index is 0.000000921. The first-order valence-electron chi connectivity index (χ1n) is 5.26. The molecule has 1 rings (SSSR count). The molecule has 0 fully saturated rings. The van der Waals surface area contributed by atoms with Gasteiger partial charge in [0.1, 0.15) is 5.75 Å². The van der Waals surface area contributed by atoms with Gasteiger partial charge in [0.25, 0.3) is 0 Å². The summed E-state index contributed by atoms with van der Waals surface area (Å²) in [6.07, 6.45) is 0. The van der Waals surface area contributed by atoms with Gasteiger partial charge in [0, 0.05) is 0 Å². The van der Waals surface area contributed by atoms with Crippen molar-refractivity contribution >= 4 is 0 Å². The normalized spacial score (nSPS) is 8.87. The van der Waals surface area contributed by atoms with Gasteiger partial charge in [-0.25, -0.2) is 0 Å². The molecule has 0 radical (unpaired) electrons. The van der Waals surface area contributed by atoms with E-state index in [1.54, 1.807) is 13.2 Å². The molecule has 0 aliphatic carbocycles. The lowest BCUT2D eigenvalue weighted by atomic mass is 10.0. The molecule has 0 saturated carbocycles. The molecule has 1 aromatic rings. The van der Waals surface area contributed by atoms with E-state index in [0.29, 0.717) is 11.5 Å². The van der Waals surface area contributed by atoms with E-state index in [4.69, 9.17) is 10.00 Å². The molecule has 0 N–H and O–H groups in total. The van der Waals surface area contributed by atoms with Crippen molar-refractivity contribution in [3.05, 3.63) is 29.3 Å². The third-order valence-electron chi connectivity index (χ3n) is 1.96. The maximum Gasteiger partial charge on any atom is 0.120 e. The molecular formula is C13H19NO. The minimum absolute atomic E-state index is 0.419. The lowest BCUT2D eigenvalue weighted by Crippen LogP contribution is -1.91. The fourth-order valence-electron chi connectivity index (χ4n) is 1.14. The van der Waals surface area contributed by atoms with Crippen LogP contribution in [0.25, 0.3) is 0 Å². The summed E-state index contributed by atoms with van der Waals surface area (Å²) in [6.45, 7) is 8.19. The fourth-order valence-corrected chi connectivity index (χ4v) is 1.14. The molecule has 0 aliphatic rings. The van der Waals surface area contributed by atoms with E-state index in [1.165, 1.54) is 0 Å². The Kier molecular flexibility index (Phi) is 6.21. The summed E-state index contributed by atoms with van der Waals surface area (Å²) in [5, 5.41) is 8.76. The van der Waals surface area contributed by atoms with E-state index < -0.39 is 0 Å². The Bertz CT molecular complexity index is 337. The van der Waals surface area contributed by atoms with Gasteiger partial charge >= 0.3 is 0 Å². The van der Waals surface area contributed by atoms with Gasteiger partial charge in [0.2, 0.25) is 0 Å². The minimum Gasteiger partial charge on any atom is -0.497 e. The van der Waals surface area contributed by atoms with Crippen LogP contribution in [0.3, 0.4) is 0 Å². The summed E-state index contributed by atoms with van der Waals surface area (Å²) in [6, 6.07) is 7.72. The maximum absolute atomic E-state index is 8.76. The Morgan fingerprint density at radius 3 is 2.20 bits per heavy atom. The number of nitriles is 1. The second kappa shape index (κ2) is 6.89. The minimum atomic E-state index is 0.419. The Hall–Kier alpha value is -1.49. The first-order valence-corrected chi connectivity index (χ1v) is 5.26. The summed E-state index contributed by atoms with van der Waals surface area (Å²) >= 11 is 0. The Labute approximate surface area is 92.5 Å². The highest BCUT2D eigenvalue weighted by molar-refractivity contribution is 5.41. The summed E-state index contributed by atoms with van der Waals surface area (Å²) in [5.41, 5.74) is 1.79. The number of ether oxygens (including phenoxy) is 1. The molecule has 0 unspecified atom stereocenters. The molecule has 0 heterocycles. The molecular weight excluding hydrogens is 186 g/mol. The van der Waals surface area contributed by atoms with E-state index in [2.05, 4.69) is 19.9 Å². The Morgan fingerprint density at radius 1 is 1.20 bits per heavy atom. The molecule has 0 saturated heterocycles. The van der Waals surface area contributed by atoms with Crippen LogP contribution in [0.4, 0.5) is 0 Å². The third kappa shape index (κ3) is 4.03. The predicted molar refractivity (Wildman–Crippen MR) is 63.1 cm³/mol. The lowest BCUT2D eigenvalue weighted by Gasteiger charge is -2.08. The fraction of sp³-hybridized carbons (Fsp3) is 0.462. The maximum atomic E-state index is 8.76. The summed E-state index contributed by atoms with van der Waals surface area (Å²) in [4.78, 5) is 0. The van der Waals surface area contributed by atoms with Crippen molar-refractivity contribution in [1.82, 2.24) is 0 Å². The van der Waals surface area contributed by atoms with Crippen molar-refractivity contribution in [2.45, 2.75) is 33.6 Å². The number of hydrogen-bond donors (Lipinski definition) is 0. The average Bonchev–Trinajstić information content (AvgIpc) is 2.30. The number of nitrogens with zero attached hydrogens (tertiary/aromatic N) is 1. The average molecular weight is 205 g/mol. The molecule has 2 nitrogen and oxygen atoms in total. The van der Waals surface area contributed by atoms with Crippen LogP contribution in [-0.4, -0.2) is 7.11 Å². The van der Waals surface area contributed by atoms with Gasteiger partial charge in [0.05, 0.1) is 18.7 Å². The SMILES string of the molecule is CC.COc1cc(C#N)cc(C(C)C)c1. The quantitative estimate of drug-likeness (QED) is 0.737. The van der Waals surface area contributed by atoms with Crippen molar-refractivity contribution in [1.29, 1.82) is 5.26 Å². The lowest BCUT2D eigenvalue weighted by molar-refractivity contribution is 0.414. The van der Waals surface area contributed by atoms with E-state index >= 15 is 0 Å². The second-order valence-corrected chi connectivity index (χ2v) is 3.26. The van der Waals surface area contributed by atoms with Crippen molar-refractivity contribution in [3.63, 3.8) is 0 Å². The van der Waals surface area contributed by atoms with Crippen LogP contribution in [0.2, 0.25) is 0 Å². The number of hydrogen-bond acceptors (Lipinski definition) is 2. The highest BCUT2D eigenvalue weighted by Crippen LogP contribution is 2.22. The van der Waals surface area contributed by atoms with Gasteiger partial charge in [-0.15, -0.1) is 0 Å². The van der Waals surface area contributed by atoms with Crippen molar-refractivity contribution < 1.29 is 4.74 Å². The van der Waals surface area contributed by atoms with Gasteiger partial charge < -0.3 is 4.74 Å². The van der Waals surface area contributed by atoms with Gasteiger partial charge in [-0.05, 0) is 29.7 Å².